The summed E-state index contributed by atoms with van der Waals surface area (Å²) in [7, 11) is 0. The average molecular weight is 199 g/mol. The summed E-state index contributed by atoms with van der Waals surface area (Å²) in [6.45, 7) is 1.96. The lowest BCUT2D eigenvalue weighted by atomic mass is 9.75. The number of hydrogen-bond acceptors (Lipinski definition) is 4. The minimum atomic E-state index is -0.0950. The second-order valence-corrected chi connectivity index (χ2v) is 4.22. The van der Waals surface area contributed by atoms with Crippen molar-refractivity contribution in [3.63, 3.8) is 0 Å². The highest BCUT2D eigenvalue weighted by Crippen LogP contribution is 2.43. The van der Waals surface area contributed by atoms with Crippen molar-refractivity contribution in [2.75, 3.05) is 19.8 Å². The summed E-state index contributed by atoms with van der Waals surface area (Å²) in [6.07, 6.45) is 3.35. The van der Waals surface area contributed by atoms with E-state index in [0.717, 1.165) is 32.5 Å². The van der Waals surface area contributed by atoms with E-state index in [0.29, 0.717) is 13.0 Å². The highest BCUT2D eigenvalue weighted by molar-refractivity contribution is 5.73. The van der Waals surface area contributed by atoms with E-state index in [4.69, 9.17) is 15.2 Å². The minimum absolute atomic E-state index is 0.0255. The predicted molar refractivity (Wildman–Crippen MR) is 50.7 cm³/mol. The molecule has 0 bridgehead atoms. The van der Waals surface area contributed by atoms with E-state index in [1.807, 2.05) is 0 Å². The highest BCUT2D eigenvalue weighted by Gasteiger charge is 2.48. The van der Waals surface area contributed by atoms with Gasteiger partial charge in [-0.15, -0.1) is 0 Å². The molecule has 0 amide bonds. The van der Waals surface area contributed by atoms with Crippen molar-refractivity contribution in [2.45, 2.75) is 31.8 Å². The Balaban J connectivity index is 2.14. The molecule has 2 N–H and O–H groups in total. The summed E-state index contributed by atoms with van der Waals surface area (Å²) in [5, 5.41) is 0. The van der Waals surface area contributed by atoms with Gasteiger partial charge in [-0.3, -0.25) is 4.79 Å². The zero-order valence-electron chi connectivity index (χ0n) is 8.33. The van der Waals surface area contributed by atoms with E-state index >= 15 is 0 Å². The molecule has 0 aromatic heterocycles. The number of esters is 1. The lowest BCUT2D eigenvalue weighted by Gasteiger charge is -2.29. The molecule has 2 aliphatic heterocycles. The van der Waals surface area contributed by atoms with Gasteiger partial charge in [0.25, 0.3) is 0 Å². The molecule has 0 aromatic carbocycles. The lowest BCUT2D eigenvalue weighted by molar-refractivity contribution is -0.141. The second-order valence-electron chi connectivity index (χ2n) is 4.22. The van der Waals surface area contributed by atoms with Gasteiger partial charge in [0, 0.05) is 25.2 Å². The third kappa shape index (κ3) is 1.64. The monoisotopic (exact) mass is 199 g/mol. The summed E-state index contributed by atoms with van der Waals surface area (Å²) in [4.78, 5) is 11.3. The van der Waals surface area contributed by atoms with Gasteiger partial charge in [0.2, 0.25) is 0 Å². The van der Waals surface area contributed by atoms with Crippen molar-refractivity contribution < 1.29 is 14.3 Å². The van der Waals surface area contributed by atoms with Gasteiger partial charge in [-0.2, -0.15) is 0 Å². The number of carbonyl (C=O) groups is 1. The van der Waals surface area contributed by atoms with Crippen LogP contribution in [0.3, 0.4) is 0 Å². The number of carbonyl (C=O) groups excluding carboxylic acids is 1. The van der Waals surface area contributed by atoms with Gasteiger partial charge in [-0.1, -0.05) is 0 Å². The molecule has 2 saturated heterocycles. The van der Waals surface area contributed by atoms with Gasteiger partial charge in [0.05, 0.1) is 6.42 Å². The summed E-state index contributed by atoms with van der Waals surface area (Å²) in [5.41, 5.74) is 5.61. The first-order chi connectivity index (χ1) is 6.77. The topological polar surface area (TPSA) is 61.5 Å². The van der Waals surface area contributed by atoms with Crippen molar-refractivity contribution in [1.82, 2.24) is 0 Å². The third-order valence-electron chi connectivity index (χ3n) is 3.37. The van der Waals surface area contributed by atoms with E-state index < -0.39 is 0 Å². The maximum absolute atomic E-state index is 11.3. The smallest absolute Gasteiger partial charge is 0.306 e. The van der Waals surface area contributed by atoms with Crippen LogP contribution in [0.4, 0.5) is 0 Å². The Morgan fingerprint density at radius 1 is 1.43 bits per heavy atom. The Morgan fingerprint density at radius 3 is 3.07 bits per heavy atom. The number of cyclic esters (lactones) is 1. The van der Waals surface area contributed by atoms with Crippen LogP contribution in [0.1, 0.15) is 25.7 Å². The first-order valence-corrected chi connectivity index (χ1v) is 5.24. The standard InChI is InChI=1S/C10H17NO3/c11-7-8-10(6-9(12)14-8)2-1-4-13-5-3-10/h8H,1-7,11H2. The molecule has 2 heterocycles. The molecule has 0 aromatic rings. The molecule has 4 nitrogen and oxygen atoms in total. The van der Waals surface area contributed by atoms with Crippen LogP contribution in [0.15, 0.2) is 0 Å². The van der Waals surface area contributed by atoms with Crippen LogP contribution in [0.2, 0.25) is 0 Å². The fraction of sp³-hybridized carbons (Fsp3) is 0.900. The van der Waals surface area contributed by atoms with Gasteiger partial charge in [0.15, 0.2) is 0 Å². The first kappa shape index (κ1) is 9.93. The Hall–Kier alpha value is -0.610. The van der Waals surface area contributed by atoms with E-state index in [1.165, 1.54) is 0 Å². The van der Waals surface area contributed by atoms with Crippen LogP contribution < -0.4 is 5.73 Å². The summed E-state index contributed by atoms with van der Waals surface area (Å²) >= 11 is 0. The van der Waals surface area contributed by atoms with E-state index in [9.17, 15) is 4.79 Å². The maximum atomic E-state index is 11.3. The van der Waals surface area contributed by atoms with Crippen LogP contribution in [0.25, 0.3) is 0 Å². The van der Waals surface area contributed by atoms with Crippen molar-refractivity contribution in [2.24, 2.45) is 11.1 Å². The molecule has 2 fully saturated rings. The summed E-state index contributed by atoms with van der Waals surface area (Å²) in [5.74, 6) is -0.0950. The van der Waals surface area contributed by atoms with Crippen LogP contribution >= 0.6 is 0 Å². The molecule has 0 aliphatic carbocycles. The molecule has 2 unspecified atom stereocenters. The zero-order chi connectivity index (χ0) is 10.0. The second kappa shape index (κ2) is 3.87. The largest absolute Gasteiger partial charge is 0.460 e. The molecule has 1 spiro atoms. The quantitative estimate of drug-likeness (QED) is 0.623. The minimum Gasteiger partial charge on any atom is -0.460 e. The van der Waals surface area contributed by atoms with Crippen LogP contribution in [-0.4, -0.2) is 31.8 Å². The molecule has 14 heavy (non-hydrogen) atoms. The highest BCUT2D eigenvalue weighted by atomic mass is 16.6. The van der Waals surface area contributed by atoms with Crippen molar-refractivity contribution >= 4 is 5.97 Å². The zero-order valence-corrected chi connectivity index (χ0v) is 8.33. The molecule has 0 radical (unpaired) electrons. The summed E-state index contributed by atoms with van der Waals surface area (Å²) in [6, 6.07) is 0. The number of rotatable bonds is 1. The van der Waals surface area contributed by atoms with Crippen LogP contribution in [-0.2, 0) is 14.3 Å². The predicted octanol–water partition coefficient (Wildman–Crippen LogP) is 0.447. The molecular formula is C10H17NO3. The normalized spacial score (nSPS) is 38.4. The van der Waals surface area contributed by atoms with Crippen LogP contribution in [0, 0.1) is 5.41 Å². The molecule has 0 saturated carbocycles. The Labute approximate surface area is 83.7 Å². The third-order valence-corrected chi connectivity index (χ3v) is 3.37. The van der Waals surface area contributed by atoms with Gasteiger partial charge >= 0.3 is 5.97 Å². The lowest BCUT2D eigenvalue weighted by Crippen LogP contribution is -2.37. The summed E-state index contributed by atoms with van der Waals surface area (Å²) < 4.78 is 10.6. The van der Waals surface area contributed by atoms with Gasteiger partial charge in [0.1, 0.15) is 6.10 Å². The van der Waals surface area contributed by atoms with Gasteiger partial charge < -0.3 is 15.2 Å². The fourth-order valence-corrected chi connectivity index (χ4v) is 2.55. The first-order valence-electron chi connectivity index (χ1n) is 5.24. The van der Waals surface area contributed by atoms with E-state index in [2.05, 4.69) is 0 Å². The number of nitrogens with two attached hydrogens (primary N) is 1. The van der Waals surface area contributed by atoms with Crippen LogP contribution in [0.5, 0.6) is 0 Å². The molecule has 2 aliphatic rings. The van der Waals surface area contributed by atoms with Gasteiger partial charge in [-0.25, -0.2) is 0 Å². The fourth-order valence-electron chi connectivity index (χ4n) is 2.55. The Bertz CT molecular complexity index is 221. The molecule has 80 valence electrons. The van der Waals surface area contributed by atoms with Gasteiger partial charge in [-0.05, 0) is 19.3 Å². The van der Waals surface area contributed by atoms with E-state index in [-0.39, 0.29) is 17.5 Å². The maximum Gasteiger partial charge on any atom is 0.306 e. The molecule has 4 heteroatoms. The van der Waals surface area contributed by atoms with Crippen molar-refractivity contribution in [3.05, 3.63) is 0 Å². The van der Waals surface area contributed by atoms with Crippen molar-refractivity contribution in [3.8, 4) is 0 Å². The Morgan fingerprint density at radius 2 is 2.29 bits per heavy atom. The number of ether oxygens (including phenoxy) is 2. The number of hydrogen-bond donors (Lipinski definition) is 1. The molecular weight excluding hydrogens is 182 g/mol. The SMILES string of the molecule is NCC1OC(=O)CC12CCCOCC2. The Kier molecular flexibility index (Phi) is 2.74. The van der Waals surface area contributed by atoms with Crippen molar-refractivity contribution in [1.29, 1.82) is 0 Å². The van der Waals surface area contributed by atoms with E-state index in [1.54, 1.807) is 0 Å². The average Bonchev–Trinajstić information content (AvgIpc) is 2.37. The molecule has 2 rings (SSSR count). The molecule has 2 atom stereocenters.